The Morgan fingerprint density at radius 1 is 1.67 bits per heavy atom. The van der Waals surface area contributed by atoms with Crippen LogP contribution in [0.1, 0.15) is 0 Å². The van der Waals surface area contributed by atoms with Gasteiger partial charge in [-0.2, -0.15) is 0 Å². The minimum absolute atomic E-state index is 0.128. The molecule has 0 aliphatic carbocycles. The number of primary amides is 1. The molecule has 0 unspecified atom stereocenters. The van der Waals surface area contributed by atoms with Gasteiger partial charge in [-0.3, -0.25) is 10.7 Å². The predicted octanol–water partition coefficient (Wildman–Crippen LogP) is -1.43. The van der Waals surface area contributed by atoms with Crippen molar-refractivity contribution in [1.29, 1.82) is 5.41 Å². The molecule has 0 bridgehead atoms. The first-order valence-electron chi connectivity index (χ1n) is 2.96. The number of hydrogen-bond donors (Lipinski definition) is 6. The maximum atomic E-state index is 10.2. The Kier molecular flexibility index (Phi) is 4.24. The van der Waals surface area contributed by atoms with Crippen LogP contribution in [0.4, 0.5) is 4.79 Å². The number of amides is 2. The number of rotatable bonds is 3. The molecule has 0 radical (unpaired) electrons. The van der Waals surface area contributed by atoms with Gasteiger partial charge >= 0.3 is 6.03 Å². The van der Waals surface area contributed by atoms with E-state index in [2.05, 4.69) is 5.32 Å². The molecule has 0 aromatic rings. The molecule has 0 aliphatic heterocycles. The fourth-order valence-corrected chi connectivity index (χ4v) is 0.474. The largest absolute Gasteiger partial charge is 0.513 e. The number of aliphatic hydroxyl groups is 2. The molecule has 0 aliphatic rings. The molecular weight excluding hydrogens is 164 g/mol. The average molecular weight is 174 g/mol. The molecule has 68 valence electrons. The fraction of sp³-hybridized carbons (Fsp3) is 0.200. The zero-order valence-corrected chi connectivity index (χ0v) is 6.16. The molecule has 0 saturated carbocycles. The van der Waals surface area contributed by atoms with Crippen LogP contribution in [0.25, 0.3) is 0 Å². The summed E-state index contributed by atoms with van der Waals surface area (Å²) in [4.78, 5) is 10.2. The van der Waals surface area contributed by atoms with Gasteiger partial charge in [-0.25, -0.2) is 4.79 Å². The van der Waals surface area contributed by atoms with Crippen LogP contribution in [0.15, 0.2) is 12.0 Å². The van der Waals surface area contributed by atoms with Gasteiger partial charge in [0.15, 0.2) is 5.84 Å². The highest BCUT2D eigenvalue weighted by Gasteiger charge is 2.05. The first-order chi connectivity index (χ1) is 5.61. The lowest BCUT2D eigenvalue weighted by Gasteiger charge is -2.07. The third kappa shape index (κ3) is 3.42. The standard InChI is InChI=1S/C5H10N4O3/c6-4(9-5(7)12)3(1-10)8-2-11/h1,8,10-11H,2H2,(H4,6,7,9,12). The minimum atomic E-state index is -0.918. The van der Waals surface area contributed by atoms with Crippen molar-refractivity contribution in [1.82, 2.24) is 10.6 Å². The summed E-state index contributed by atoms with van der Waals surface area (Å²) in [5.41, 5.74) is 4.56. The zero-order valence-electron chi connectivity index (χ0n) is 6.16. The Morgan fingerprint density at radius 2 is 2.25 bits per heavy atom. The third-order valence-corrected chi connectivity index (χ3v) is 0.916. The second kappa shape index (κ2) is 4.97. The number of nitrogens with one attached hydrogen (secondary N) is 3. The third-order valence-electron chi connectivity index (χ3n) is 0.916. The highest BCUT2D eigenvalue weighted by Crippen LogP contribution is 1.85. The smallest absolute Gasteiger partial charge is 0.317 e. The lowest BCUT2D eigenvalue weighted by atomic mass is 10.4. The minimum Gasteiger partial charge on any atom is -0.513 e. The second-order valence-electron chi connectivity index (χ2n) is 1.74. The van der Waals surface area contributed by atoms with Gasteiger partial charge in [0.25, 0.3) is 0 Å². The van der Waals surface area contributed by atoms with Gasteiger partial charge in [0.05, 0.1) is 0 Å². The van der Waals surface area contributed by atoms with Crippen LogP contribution in [0.2, 0.25) is 0 Å². The summed E-state index contributed by atoms with van der Waals surface area (Å²) in [7, 11) is 0. The van der Waals surface area contributed by atoms with E-state index in [0.29, 0.717) is 6.26 Å². The number of aliphatic hydroxyl groups excluding tert-OH is 2. The molecule has 7 heteroatoms. The van der Waals surface area contributed by atoms with Gasteiger partial charge in [-0.1, -0.05) is 0 Å². The van der Waals surface area contributed by atoms with Gasteiger partial charge < -0.3 is 21.3 Å². The van der Waals surface area contributed by atoms with Crippen molar-refractivity contribution < 1.29 is 15.0 Å². The maximum absolute atomic E-state index is 10.2. The molecule has 7 nitrogen and oxygen atoms in total. The van der Waals surface area contributed by atoms with Crippen LogP contribution in [0.3, 0.4) is 0 Å². The molecule has 0 rings (SSSR count). The molecule has 0 heterocycles. The van der Waals surface area contributed by atoms with Gasteiger partial charge in [0, 0.05) is 0 Å². The van der Waals surface area contributed by atoms with E-state index >= 15 is 0 Å². The predicted molar refractivity (Wildman–Crippen MR) is 41.4 cm³/mol. The van der Waals surface area contributed by atoms with E-state index in [-0.39, 0.29) is 5.70 Å². The Balaban J connectivity index is 4.14. The Hall–Kier alpha value is -1.76. The van der Waals surface area contributed by atoms with Gasteiger partial charge in [0.1, 0.15) is 18.7 Å². The van der Waals surface area contributed by atoms with Gasteiger partial charge in [0.2, 0.25) is 0 Å². The van der Waals surface area contributed by atoms with Crippen molar-refractivity contribution in [3.63, 3.8) is 0 Å². The summed E-state index contributed by atoms with van der Waals surface area (Å²) in [5.74, 6) is -0.418. The Labute approximate surface area is 68.4 Å². The van der Waals surface area contributed by atoms with Crippen LogP contribution >= 0.6 is 0 Å². The average Bonchev–Trinajstić information content (AvgIpc) is 1.98. The van der Waals surface area contributed by atoms with Crippen LogP contribution in [-0.4, -0.2) is 28.8 Å². The van der Waals surface area contributed by atoms with Crippen LogP contribution in [-0.2, 0) is 0 Å². The fourth-order valence-electron chi connectivity index (χ4n) is 0.474. The summed E-state index contributed by atoms with van der Waals surface area (Å²) in [6.45, 7) is -0.463. The van der Waals surface area contributed by atoms with E-state index in [0.717, 1.165) is 0 Å². The van der Waals surface area contributed by atoms with Crippen LogP contribution < -0.4 is 16.4 Å². The molecule has 0 atom stereocenters. The highest BCUT2D eigenvalue weighted by atomic mass is 16.3. The second-order valence-corrected chi connectivity index (χ2v) is 1.74. The van der Waals surface area contributed by atoms with Crippen molar-refractivity contribution in [3.05, 3.63) is 12.0 Å². The SMILES string of the molecule is N=C(NC(N)=O)C(=CO)NCO. The first-order valence-corrected chi connectivity index (χ1v) is 2.96. The first kappa shape index (κ1) is 10.2. The highest BCUT2D eigenvalue weighted by molar-refractivity contribution is 6.04. The van der Waals surface area contributed by atoms with Crippen molar-refractivity contribution in [2.24, 2.45) is 5.73 Å². The number of carbonyl (C=O) groups is 1. The molecule has 2 amide bonds. The van der Waals surface area contributed by atoms with Crippen molar-refractivity contribution in [2.75, 3.05) is 6.73 Å². The van der Waals surface area contributed by atoms with E-state index in [9.17, 15) is 4.79 Å². The van der Waals surface area contributed by atoms with Crippen molar-refractivity contribution in [3.8, 4) is 0 Å². The summed E-state index contributed by atoms with van der Waals surface area (Å²) in [6.07, 6.45) is 0.536. The molecule has 0 aromatic heterocycles. The molecular formula is C5H10N4O3. The van der Waals surface area contributed by atoms with E-state index in [1.54, 1.807) is 0 Å². The zero-order chi connectivity index (χ0) is 9.56. The van der Waals surface area contributed by atoms with E-state index in [1.807, 2.05) is 5.32 Å². The lowest BCUT2D eigenvalue weighted by molar-refractivity contribution is 0.252. The quantitative estimate of drug-likeness (QED) is 0.135. The summed E-state index contributed by atoms with van der Waals surface area (Å²) < 4.78 is 0. The number of amidine groups is 1. The molecule has 0 fully saturated rings. The van der Waals surface area contributed by atoms with Crippen LogP contribution in [0, 0.1) is 5.41 Å². The molecule has 7 N–H and O–H groups in total. The Morgan fingerprint density at radius 3 is 2.58 bits per heavy atom. The van der Waals surface area contributed by atoms with Gasteiger partial charge in [-0.05, 0) is 0 Å². The summed E-state index contributed by atoms with van der Waals surface area (Å²) in [6, 6.07) is -0.918. The van der Waals surface area contributed by atoms with E-state index in [1.165, 1.54) is 0 Å². The normalized spacial score (nSPS) is 10.6. The summed E-state index contributed by atoms with van der Waals surface area (Å²) >= 11 is 0. The number of hydrogen-bond acceptors (Lipinski definition) is 5. The van der Waals surface area contributed by atoms with Gasteiger partial charge in [-0.15, -0.1) is 0 Å². The summed E-state index contributed by atoms with van der Waals surface area (Å²) in [5, 5.41) is 28.0. The van der Waals surface area contributed by atoms with Crippen LogP contribution in [0.5, 0.6) is 0 Å². The monoisotopic (exact) mass is 174 g/mol. The lowest BCUT2D eigenvalue weighted by Crippen LogP contribution is -2.39. The molecule has 12 heavy (non-hydrogen) atoms. The Bertz CT molecular complexity index is 213. The number of carbonyl (C=O) groups excluding carboxylic acids is 1. The van der Waals surface area contributed by atoms with Crippen molar-refractivity contribution >= 4 is 11.9 Å². The maximum Gasteiger partial charge on any atom is 0.317 e. The molecule has 0 saturated heterocycles. The van der Waals surface area contributed by atoms with E-state index < -0.39 is 18.6 Å². The topological polar surface area (TPSA) is 131 Å². The van der Waals surface area contributed by atoms with E-state index in [4.69, 9.17) is 21.4 Å². The molecule has 0 aromatic carbocycles. The number of nitrogens with two attached hydrogens (primary N) is 1. The molecule has 0 spiro atoms. The number of urea groups is 1. The van der Waals surface area contributed by atoms with Crippen molar-refractivity contribution in [2.45, 2.75) is 0 Å².